The molecule has 27 heavy (non-hydrogen) atoms. The summed E-state index contributed by atoms with van der Waals surface area (Å²) in [6.45, 7) is 2.49. The fourth-order valence-electron chi connectivity index (χ4n) is 3.27. The van der Waals surface area contributed by atoms with E-state index in [1.165, 1.54) is 13.0 Å². The van der Waals surface area contributed by atoms with Gasteiger partial charge in [-0.15, -0.1) is 0 Å². The second kappa shape index (κ2) is 8.15. The third-order valence-electron chi connectivity index (χ3n) is 4.42. The fourth-order valence-corrected chi connectivity index (χ4v) is 4.69. The van der Waals surface area contributed by atoms with Gasteiger partial charge in [0.05, 0.1) is 16.5 Å². The van der Waals surface area contributed by atoms with Crippen LogP contribution in [0.15, 0.2) is 29.2 Å². The van der Waals surface area contributed by atoms with E-state index in [4.69, 9.17) is 0 Å². The molecule has 1 amide bonds. The van der Waals surface area contributed by atoms with E-state index in [9.17, 15) is 26.4 Å². The summed E-state index contributed by atoms with van der Waals surface area (Å²) in [6, 6.07) is 2.71. The average Bonchev–Trinajstić information content (AvgIpc) is 3.00. The fraction of sp³-hybridized carbons (Fsp3) is 0.588. The number of nitrogens with one attached hydrogen (secondary N) is 1. The van der Waals surface area contributed by atoms with E-state index >= 15 is 0 Å². The molecular weight excluding hydrogens is 383 g/mol. The van der Waals surface area contributed by atoms with Crippen LogP contribution in [0.1, 0.15) is 25.3 Å². The summed E-state index contributed by atoms with van der Waals surface area (Å²) in [5.74, 6) is -0.438. The molecule has 1 aliphatic heterocycles. The van der Waals surface area contributed by atoms with Crippen LogP contribution in [0.3, 0.4) is 0 Å². The first-order valence-electron chi connectivity index (χ1n) is 8.57. The zero-order chi connectivity index (χ0) is 20.4. The molecule has 0 spiro atoms. The highest BCUT2D eigenvalue weighted by atomic mass is 32.2. The van der Waals surface area contributed by atoms with Crippen molar-refractivity contribution in [2.24, 2.45) is 0 Å². The number of alkyl halides is 3. The number of amides is 1. The SMILES string of the molecule is C[C@H](NS(=O)(=O)c1ccccc1C(F)(F)F)C(=O)N1CCC[C@@H]1CN(C)C. The Morgan fingerprint density at radius 1 is 1.33 bits per heavy atom. The van der Waals surface area contributed by atoms with Crippen molar-refractivity contribution >= 4 is 15.9 Å². The molecule has 0 aromatic heterocycles. The summed E-state index contributed by atoms with van der Waals surface area (Å²) in [7, 11) is -0.764. The van der Waals surface area contributed by atoms with Crippen molar-refractivity contribution < 1.29 is 26.4 Å². The predicted octanol–water partition coefficient (Wildman–Crippen LogP) is 1.92. The number of likely N-dealkylation sites (tertiary alicyclic amines) is 1. The van der Waals surface area contributed by atoms with Gasteiger partial charge < -0.3 is 9.80 Å². The maximum Gasteiger partial charge on any atom is 0.417 e. The molecule has 152 valence electrons. The Morgan fingerprint density at radius 2 is 1.96 bits per heavy atom. The van der Waals surface area contributed by atoms with Gasteiger partial charge in [0.2, 0.25) is 15.9 Å². The Bertz CT molecular complexity index is 781. The van der Waals surface area contributed by atoms with Crippen LogP contribution in [0.25, 0.3) is 0 Å². The summed E-state index contributed by atoms with van der Waals surface area (Å²) >= 11 is 0. The van der Waals surface area contributed by atoms with Crippen LogP contribution >= 0.6 is 0 Å². The van der Waals surface area contributed by atoms with Crippen LogP contribution in [0.4, 0.5) is 13.2 Å². The molecule has 2 rings (SSSR count). The van der Waals surface area contributed by atoms with E-state index in [1.807, 2.05) is 19.0 Å². The van der Waals surface area contributed by atoms with Crippen molar-refractivity contribution in [3.63, 3.8) is 0 Å². The number of hydrogen-bond donors (Lipinski definition) is 1. The molecule has 0 saturated carbocycles. The number of benzene rings is 1. The third-order valence-corrected chi connectivity index (χ3v) is 6.02. The minimum Gasteiger partial charge on any atom is -0.337 e. The Morgan fingerprint density at radius 3 is 2.56 bits per heavy atom. The summed E-state index contributed by atoms with van der Waals surface area (Å²) in [5, 5.41) is 0. The highest BCUT2D eigenvalue weighted by Gasteiger charge is 2.38. The molecule has 1 aromatic rings. The van der Waals surface area contributed by atoms with Crippen molar-refractivity contribution in [1.29, 1.82) is 0 Å². The lowest BCUT2D eigenvalue weighted by Gasteiger charge is -2.29. The molecule has 10 heteroatoms. The summed E-state index contributed by atoms with van der Waals surface area (Å²) in [4.78, 5) is 15.3. The van der Waals surface area contributed by atoms with E-state index in [-0.39, 0.29) is 6.04 Å². The highest BCUT2D eigenvalue weighted by Crippen LogP contribution is 2.34. The van der Waals surface area contributed by atoms with Gasteiger partial charge in [0.15, 0.2) is 0 Å². The lowest BCUT2D eigenvalue weighted by molar-refractivity contribution is -0.139. The molecular formula is C17H24F3N3O3S. The van der Waals surface area contributed by atoms with E-state index in [0.29, 0.717) is 19.2 Å². The minimum atomic E-state index is -4.82. The number of hydrogen-bond acceptors (Lipinski definition) is 4. The van der Waals surface area contributed by atoms with Gasteiger partial charge in [0, 0.05) is 19.1 Å². The van der Waals surface area contributed by atoms with Gasteiger partial charge in [-0.2, -0.15) is 17.9 Å². The van der Waals surface area contributed by atoms with E-state index in [1.54, 1.807) is 4.90 Å². The van der Waals surface area contributed by atoms with Crippen molar-refractivity contribution in [3.05, 3.63) is 29.8 Å². The Hall–Kier alpha value is -1.65. The summed E-state index contributed by atoms with van der Waals surface area (Å²) in [5.41, 5.74) is -1.26. The van der Waals surface area contributed by atoms with E-state index in [0.717, 1.165) is 25.0 Å². The quantitative estimate of drug-likeness (QED) is 0.782. The van der Waals surface area contributed by atoms with Crippen molar-refractivity contribution in [3.8, 4) is 0 Å². The summed E-state index contributed by atoms with van der Waals surface area (Å²) < 4.78 is 66.5. The van der Waals surface area contributed by atoms with Crippen LogP contribution in [0.2, 0.25) is 0 Å². The Labute approximate surface area is 157 Å². The number of halogens is 3. The standard InChI is InChI=1S/C17H24F3N3O3S/c1-12(16(24)23-10-6-7-13(23)11-22(2)3)21-27(25,26)15-9-5-4-8-14(15)17(18,19)20/h4-5,8-9,12-13,21H,6-7,10-11H2,1-3H3/t12-,13+/m0/s1. The van der Waals surface area contributed by atoms with Gasteiger partial charge in [0.25, 0.3) is 0 Å². The Balaban J connectivity index is 2.20. The van der Waals surface area contributed by atoms with E-state index in [2.05, 4.69) is 4.72 Å². The van der Waals surface area contributed by atoms with Crippen molar-refractivity contribution in [2.45, 2.75) is 42.9 Å². The summed E-state index contributed by atoms with van der Waals surface area (Å²) in [6.07, 6.45) is -3.20. The molecule has 2 atom stereocenters. The van der Waals surface area contributed by atoms with Gasteiger partial charge in [-0.3, -0.25) is 4.79 Å². The number of nitrogens with zero attached hydrogens (tertiary/aromatic N) is 2. The smallest absolute Gasteiger partial charge is 0.337 e. The lowest BCUT2D eigenvalue weighted by atomic mass is 10.2. The first-order valence-corrected chi connectivity index (χ1v) is 10.1. The Kier molecular flexibility index (Phi) is 6.54. The number of carbonyl (C=O) groups excluding carboxylic acids is 1. The molecule has 0 aliphatic carbocycles. The van der Waals surface area contributed by atoms with Crippen molar-refractivity contribution in [1.82, 2.24) is 14.5 Å². The molecule has 1 N–H and O–H groups in total. The number of sulfonamides is 1. The monoisotopic (exact) mass is 407 g/mol. The number of rotatable bonds is 6. The molecule has 1 heterocycles. The topological polar surface area (TPSA) is 69.7 Å². The third kappa shape index (κ3) is 5.20. The van der Waals surface area contributed by atoms with Gasteiger partial charge >= 0.3 is 6.18 Å². The van der Waals surface area contributed by atoms with Crippen molar-refractivity contribution in [2.75, 3.05) is 27.2 Å². The average molecular weight is 407 g/mol. The van der Waals surface area contributed by atoms with Crippen LogP contribution in [0.5, 0.6) is 0 Å². The van der Waals surface area contributed by atoms with Crippen LogP contribution in [-0.4, -0.2) is 63.4 Å². The predicted molar refractivity (Wildman–Crippen MR) is 94.5 cm³/mol. The molecule has 1 aliphatic rings. The van der Waals surface area contributed by atoms with Crippen LogP contribution < -0.4 is 4.72 Å². The molecule has 1 fully saturated rings. The minimum absolute atomic E-state index is 0.0399. The zero-order valence-electron chi connectivity index (χ0n) is 15.5. The zero-order valence-corrected chi connectivity index (χ0v) is 16.3. The highest BCUT2D eigenvalue weighted by molar-refractivity contribution is 7.89. The maximum absolute atomic E-state index is 13.1. The first-order chi connectivity index (χ1) is 12.4. The first kappa shape index (κ1) is 21.6. The van der Waals surface area contributed by atoms with Crippen LogP contribution in [-0.2, 0) is 21.0 Å². The molecule has 0 radical (unpaired) electrons. The van der Waals surface area contributed by atoms with Gasteiger partial charge in [0.1, 0.15) is 0 Å². The largest absolute Gasteiger partial charge is 0.417 e. The van der Waals surface area contributed by atoms with Gasteiger partial charge in [-0.25, -0.2) is 8.42 Å². The lowest BCUT2D eigenvalue weighted by Crippen LogP contribution is -2.50. The molecule has 0 bridgehead atoms. The molecule has 1 aromatic carbocycles. The van der Waals surface area contributed by atoms with Crippen LogP contribution in [0, 0.1) is 0 Å². The molecule has 0 unspecified atom stereocenters. The normalized spacial score (nSPS) is 19.5. The number of likely N-dealkylation sites (N-methyl/N-ethyl adjacent to an activating group) is 1. The molecule has 6 nitrogen and oxygen atoms in total. The van der Waals surface area contributed by atoms with Gasteiger partial charge in [-0.1, -0.05) is 12.1 Å². The van der Waals surface area contributed by atoms with E-state index < -0.39 is 38.6 Å². The molecule has 1 saturated heterocycles. The maximum atomic E-state index is 13.1. The number of carbonyl (C=O) groups is 1. The second-order valence-electron chi connectivity index (χ2n) is 6.93. The second-order valence-corrected chi connectivity index (χ2v) is 8.61. The van der Waals surface area contributed by atoms with Gasteiger partial charge in [-0.05, 0) is 46.0 Å².